The normalized spacial score (nSPS) is 32.3. The van der Waals surface area contributed by atoms with Gasteiger partial charge in [0, 0.05) is 86.5 Å². The van der Waals surface area contributed by atoms with E-state index in [9.17, 15) is 19.2 Å². The van der Waals surface area contributed by atoms with Crippen LogP contribution < -0.4 is 0 Å². The Morgan fingerprint density at radius 1 is 0.303 bits per heavy atom. The van der Waals surface area contributed by atoms with Crippen LogP contribution in [0.2, 0.25) is 0 Å². The third kappa shape index (κ3) is 38.4. The van der Waals surface area contributed by atoms with Gasteiger partial charge in [0.15, 0.2) is 5.78 Å². The molecular formula is C93H188O16. The average molecular weight is 1560 g/mol. The third-order valence-electron chi connectivity index (χ3n) is 28.1. The second-order valence-corrected chi connectivity index (χ2v) is 34.4. The minimum Gasteiger partial charge on any atom is -0.382 e. The van der Waals surface area contributed by atoms with E-state index in [2.05, 4.69) is 201 Å². The lowest BCUT2D eigenvalue weighted by atomic mass is 9.77. The maximum Gasteiger partial charge on any atom is 0.158 e. The SMILES string of the molecule is C.CCC(C)C(C)C(C)C(OC)C(C)=O.CCC(C)C(C)C(OC)C(C)C(C)=O.CCC(C)C(OC)C(C)C(C)C(C)=O.CCC(OC)C(C)C(C)C(C)C(C)=O.CCC1OC(C)C(C)C(C)C1OC.CCC1OC(C)C(C)C(OC)C1C.CCC1OC(C)C(OC)C(C)C1C.COCC1OC(C)C(C)C(C)C1C. The molecule has 0 saturated carbocycles. The van der Waals surface area contributed by atoms with Gasteiger partial charge in [0.05, 0.1) is 92.1 Å². The first-order valence-corrected chi connectivity index (χ1v) is 43.0. The molecule has 0 aromatic carbocycles. The molecule has 656 valence electrons. The maximum absolute atomic E-state index is 11.3. The molecule has 4 aliphatic rings. The first-order chi connectivity index (χ1) is 50.2. The molecule has 0 N–H and O–H groups in total. The number of ether oxygens (including phenoxy) is 12. The molecule has 16 heteroatoms. The summed E-state index contributed by atoms with van der Waals surface area (Å²) in [6.07, 6.45) is 11.4. The summed E-state index contributed by atoms with van der Waals surface area (Å²) < 4.78 is 66.8. The number of hydrogen-bond acceptors (Lipinski definition) is 16. The Morgan fingerprint density at radius 2 is 0.670 bits per heavy atom. The number of hydrogen-bond donors (Lipinski definition) is 0. The summed E-state index contributed by atoms with van der Waals surface area (Å²) in [6, 6.07) is 0. The van der Waals surface area contributed by atoms with E-state index in [1.165, 1.54) is 0 Å². The van der Waals surface area contributed by atoms with Gasteiger partial charge in [-0.3, -0.25) is 19.2 Å². The Bertz CT molecular complexity index is 2230. The fourth-order valence-electron chi connectivity index (χ4n) is 16.6. The van der Waals surface area contributed by atoms with Gasteiger partial charge < -0.3 is 56.8 Å². The molecule has 0 aromatic rings. The summed E-state index contributed by atoms with van der Waals surface area (Å²) in [6.45, 7) is 76.8. The second-order valence-electron chi connectivity index (χ2n) is 34.4. The number of ketones is 4. The van der Waals surface area contributed by atoms with Gasteiger partial charge >= 0.3 is 0 Å². The monoisotopic (exact) mass is 1560 g/mol. The van der Waals surface area contributed by atoms with Crippen molar-refractivity contribution in [1.29, 1.82) is 0 Å². The Morgan fingerprint density at radius 3 is 1.04 bits per heavy atom. The van der Waals surface area contributed by atoms with Gasteiger partial charge in [-0.25, -0.2) is 0 Å². The Labute approximate surface area is 676 Å². The molecule has 4 aliphatic heterocycles. The molecule has 0 spiro atoms. The number of carbonyl (C=O) groups excluding carboxylic acids is 4. The van der Waals surface area contributed by atoms with Crippen molar-refractivity contribution in [3.8, 4) is 0 Å². The van der Waals surface area contributed by atoms with E-state index in [1.807, 2.05) is 27.9 Å². The molecule has 16 nitrogen and oxygen atoms in total. The van der Waals surface area contributed by atoms with Crippen LogP contribution >= 0.6 is 0 Å². The van der Waals surface area contributed by atoms with Crippen molar-refractivity contribution < 1.29 is 76.0 Å². The lowest BCUT2D eigenvalue weighted by Crippen LogP contribution is -2.48. The van der Waals surface area contributed by atoms with Crippen molar-refractivity contribution in [1.82, 2.24) is 0 Å². The Kier molecular flexibility index (Phi) is 65.4. The Hall–Kier alpha value is -1.80. The lowest BCUT2D eigenvalue weighted by molar-refractivity contribution is -0.172. The average Bonchev–Trinajstić information content (AvgIpc) is 0.826. The molecule has 0 radical (unpaired) electrons. The fraction of sp³-hybridized carbons (Fsp3) is 0.957. The van der Waals surface area contributed by atoms with Crippen molar-refractivity contribution in [2.24, 2.45) is 124 Å². The number of methoxy groups -OCH3 is 8. The first kappa shape index (κ1) is 116. The minimum atomic E-state index is -0.237. The highest BCUT2D eigenvalue weighted by atomic mass is 16.6. The largest absolute Gasteiger partial charge is 0.382 e. The number of Topliss-reactive ketones (excluding diaryl/α,β-unsaturated/α-hetero) is 4. The van der Waals surface area contributed by atoms with Gasteiger partial charge in [0.1, 0.15) is 23.5 Å². The zero-order chi connectivity index (χ0) is 85.2. The van der Waals surface area contributed by atoms with Crippen LogP contribution in [0.5, 0.6) is 0 Å². The van der Waals surface area contributed by atoms with Crippen molar-refractivity contribution >= 4 is 23.1 Å². The van der Waals surface area contributed by atoms with Crippen LogP contribution in [-0.2, 0) is 76.0 Å². The summed E-state index contributed by atoms with van der Waals surface area (Å²) >= 11 is 0. The molecule has 0 aliphatic carbocycles. The van der Waals surface area contributed by atoms with Crippen LogP contribution in [0.4, 0.5) is 0 Å². The van der Waals surface area contributed by atoms with Gasteiger partial charge in [0.25, 0.3) is 0 Å². The molecule has 36 atom stereocenters. The predicted octanol–water partition coefficient (Wildman–Crippen LogP) is 22.0. The van der Waals surface area contributed by atoms with Crippen molar-refractivity contribution in [2.75, 3.05) is 63.5 Å². The summed E-state index contributed by atoms with van der Waals surface area (Å²) in [5.74, 6) is 10.6. The maximum atomic E-state index is 11.3. The minimum absolute atomic E-state index is 0. The zero-order valence-corrected chi connectivity index (χ0v) is 79.0. The molecule has 0 aromatic heterocycles. The summed E-state index contributed by atoms with van der Waals surface area (Å²) in [7, 11) is 13.9. The summed E-state index contributed by atoms with van der Waals surface area (Å²) in [5.41, 5.74) is 0. The smallest absolute Gasteiger partial charge is 0.158 e. The summed E-state index contributed by atoms with van der Waals surface area (Å²) in [5, 5.41) is 0. The molecule has 109 heavy (non-hydrogen) atoms. The van der Waals surface area contributed by atoms with E-state index in [0.29, 0.717) is 137 Å². The molecule has 4 fully saturated rings. The number of rotatable bonds is 32. The quantitative estimate of drug-likeness (QED) is 0.0620. The van der Waals surface area contributed by atoms with E-state index >= 15 is 0 Å². The van der Waals surface area contributed by atoms with E-state index in [-0.39, 0.29) is 103 Å². The molecule has 4 saturated heterocycles. The zero-order valence-electron chi connectivity index (χ0n) is 79.0. The highest BCUT2D eigenvalue weighted by molar-refractivity contribution is 5.81. The second kappa shape index (κ2) is 61.5. The topological polar surface area (TPSA) is 179 Å². The van der Waals surface area contributed by atoms with Crippen LogP contribution in [-0.4, -0.2) is 178 Å². The van der Waals surface area contributed by atoms with Gasteiger partial charge in [0.2, 0.25) is 0 Å². The molecule has 4 rings (SSSR count). The third-order valence-corrected chi connectivity index (χ3v) is 28.1. The van der Waals surface area contributed by atoms with Gasteiger partial charge in [-0.15, -0.1) is 0 Å². The molecule has 0 bridgehead atoms. The van der Waals surface area contributed by atoms with E-state index in [1.54, 1.807) is 77.5 Å². The first-order valence-electron chi connectivity index (χ1n) is 43.0. The summed E-state index contributed by atoms with van der Waals surface area (Å²) in [4.78, 5) is 45.1. The molecule has 4 heterocycles. The van der Waals surface area contributed by atoms with Crippen molar-refractivity contribution in [2.45, 2.75) is 393 Å². The standard InChI is InChI=1S/4C12H24O2.4C11H22O2.CH4/c1-7-12(14-6)10(4)8(2)9(3)11(5)13;1-7-8(2)12(14-6)10(4)9(3)11(5)13;1-7-8(2)9(3)12(14-6)10(4)11(5)13;1-7-8(2)9(3)10(4)12(14-6)11(5)13;1-7-8(2)10(4)13-11(6-12-5)9(7)3;1-6-10-8(3)11(12-5)7(2)9(4)13-10;1-6-10-7(2)8(3)11(12-5)9(4)13-10;1-6-10-11(12-5)8(3)7(2)9(4)13-10;/h4*8-10,12H,7H2,1-6H3;4*7-11H,6H2,1-5H3;1H4. The van der Waals surface area contributed by atoms with Crippen LogP contribution in [0.3, 0.4) is 0 Å². The van der Waals surface area contributed by atoms with E-state index in [0.717, 1.165) is 57.5 Å². The van der Waals surface area contributed by atoms with Crippen LogP contribution in [0, 0.1) is 124 Å². The van der Waals surface area contributed by atoms with E-state index < -0.39 is 0 Å². The van der Waals surface area contributed by atoms with Gasteiger partial charge in [-0.2, -0.15) is 0 Å². The van der Waals surface area contributed by atoms with Crippen LogP contribution in [0.25, 0.3) is 0 Å². The van der Waals surface area contributed by atoms with Crippen molar-refractivity contribution in [3.63, 3.8) is 0 Å². The number of carbonyl (C=O) groups is 4. The van der Waals surface area contributed by atoms with Crippen LogP contribution in [0.15, 0.2) is 0 Å². The van der Waals surface area contributed by atoms with E-state index in [4.69, 9.17) is 56.8 Å². The van der Waals surface area contributed by atoms with Crippen LogP contribution in [0.1, 0.15) is 302 Å². The highest BCUT2D eigenvalue weighted by Gasteiger charge is 2.42. The molecule has 0 amide bonds. The molecule has 36 unspecified atom stereocenters. The fourth-order valence-corrected chi connectivity index (χ4v) is 16.6. The lowest BCUT2D eigenvalue weighted by Gasteiger charge is -2.43. The van der Waals surface area contributed by atoms with Gasteiger partial charge in [-0.1, -0.05) is 221 Å². The van der Waals surface area contributed by atoms with Gasteiger partial charge in [-0.05, 0) is 176 Å². The molecular weight excluding hydrogens is 1370 g/mol. The van der Waals surface area contributed by atoms with Crippen molar-refractivity contribution in [3.05, 3.63) is 0 Å². The Balaban J connectivity index is -0.000000378. The highest BCUT2D eigenvalue weighted by Crippen LogP contribution is 2.38. The predicted molar refractivity (Wildman–Crippen MR) is 459 cm³/mol.